The van der Waals surface area contributed by atoms with Gasteiger partial charge in [0.25, 0.3) is 0 Å². The van der Waals surface area contributed by atoms with Crippen molar-refractivity contribution in [2.45, 2.75) is 292 Å². The molecule has 0 aromatic heterocycles. The first-order valence-electron chi connectivity index (χ1n) is 25.7. The second kappa shape index (κ2) is 39.3. The van der Waals surface area contributed by atoms with E-state index in [-0.39, 0.29) is 11.2 Å². The van der Waals surface area contributed by atoms with Crippen LogP contribution in [0.15, 0.2) is 0 Å². The van der Waals surface area contributed by atoms with Gasteiger partial charge in [0.15, 0.2) is 0 Å². The van der Waals surface area contributed by atoms with E-state index in [0.717, 1.165) is 13.2 Å². The van der Waals surface area contributed by atoms with Crippen molar-refractivity contribution in [3.63, 3.8) is 0 Å². The minimum absolute atomic E-state index is 0.0765. The topological polar surface area (TPSA) is 21.7 Å². The molecule has 0 heterocycles. The van der Waals surface area contributed by atoms with E-state index >= 15 is 0 Å². The maximum Gasteiger partial charge on any atom is 0.0654 e. The summed E-state index contributed by atoms with van der Waals surface area (Å²) in [5.41, 5.74) is 0.153. The predicted octanol–water partition coefficient (Wildman–Crippen LogP) is 17.5. The van der Waals surface area contributed by atoms with E-state index in [4.69, 9.17) is 9.47 Å². The molecule has 0 fully saturated rings. The van der Waals surface area contributed by atoms with Crippen LogP contribution in [0.4, 0.5) is 0 Å². The van der Waals surface area contributed by atoms with Crippen LogP contribution in [0.1, 0.15) is 281 Å². The summed E-state index contributed by atoms with van der Waals surface area (Å²) in [6.45, 7) is 27.1. The number of ether oxygens (including phenoxy) is 2. The molecule has 3 nitrogen and oxygen atoms in total. The molecule has 4 atom stereocenters. The van der Waals surface area contributed by atoms with Crippen molar-refractivity contribution in [2.75, 3.05) is 32.8 Å². The van der Waals surface area contributed by atoms with E-state index in [1.165, 1.54) is 238 Å². The molecule has 0 saturated heterocycles. The average molecular weight is 778 g/mol. The van der Waals surface area contributed by atoms with Gasteiger partial charge in [-0.3, -0.25) is 0 Å². The third-order valence-electron chi connectivity index (χ3n) is 12.8. The lowest BCUT2D eigenvalue weighted by Crippen LogP contribution is -2.31. The molecule has 3 heteroatoms. The van der Waals surface area contributed by atoms with Gasteiger partial charge >= 0.3 is 0 Å². The van der Waals surface area contributed by atoms with E-state index in [1.54, 1.807) is 0 Å². The van der Waals surface area contributed by atoms with Crippen LogP contribution < -0.4 is 0 Å². The zero-order valence-electron chi connectivity index (χ0n) is 40.0. The van der Waals surface area contributed by atoms with Crippen molar-refractivity contribution in [3.8, 4) is 0 Å². The summed E-state index contributed by atoms with van der Waals surface area (Å²) in [6.07, 6.45) is 45.7. The third kappa shape index (κ3) is 35.5. The van der Waals surface area contributed by atoms with Gasteiger partial charge in [-0.2, -0.15) is 0 Å². The molecule has 0 aliphatic rings. The highest BCUT2D eigenvalue weighted by atomic mass is 16.5. The Morgan fingerprint density at radius 1 is 0.345 bits per heavy atom. The molecule has 0 saturated carbocycles. The summed E-state index contributed by atoms with van der Waals surface area (Å²) in [5, 5.41) is 0. The van der Waals surface area contributed by atoms with Crippen LogP contribution in [0.2, 0.25) is 0 Å². The van der Waals surface area contributed by atoms with Crippen molar-refractivity contribution < 1.29 is 9.47 Å². The molecule has 0 radical (unpaired) electrons. The van der Waals surface area contributed by atoms with Gasteiger partial charge in [-0.15, -0.1) is 0 Å². The van der Waals surface area contributed by atoms with Crippen LogP contribution >= 0.6 is 0 Å². The molecule has 0 N–H and O–H groups in total. The lowest BCUT2D eigenvalue weighted by atomic mass is 9.91. The summed E-state index contributed by atoms with van der Waals surface area (Å²) >= 11 is 0. The lowest BCUT2D eigenvalue weighted by Gasteiger charge is -2.32. The molecule has 0 aromatic carbocycles. The summed E-state index contributed by atoms with van der Waals surface area (Å²) in [4.78, 5) is 2.79. The summed E-state index contributed by atoms with van der Waals surface area (Å²) in [7, 11) is 0. The molecule has 0 amide bonds. The minimum Gasteiger partial charge on any atom is -0.375 e. The number of unbranched alkanes of at least 4 members (excludes halogenated alkanes) is 21. The van der Waals surface area contributed by atoms with Crippen LogP contribution in [-0.2, 0) is 9.47 Å². The maximum atomic E-state index is 6.81. The quantitative estimate of drug-likeness (QED) is 0.0575. The third-order valence-corrected chi connectivity index (χ3v) is 12.8. The molecule has 0 rings (SSSR count). The first-order chi connectivity index (χ1) is 26.7. The maximum absolute atomic E-state index is 6.81. The van der Waals surface area contributed by atoms with Crippen LogP contribution in [0, 0.1) is 11.8 Å². The van der Waals surface area contributed by atoms with E-state index < -0.39 is 0 Å². The molecular formula is C52H107NO2. The Labute approximate surface area is 349 Å². The fourth-order valence-electron chi connectivity index (χ4n) is 8.53. The van der Waals surface area contributed by atoms with Gasteiger partial charge in [-0.05, 0) is 103 Å². The van der Waals surface area contributed by atoms with Crippen LogP contribution in [0.25, 0.3) is 0 Å². The fraction of sp³-hybridized carbons (Fsp3) is 1.00. The van der Waals surface area contributed by atoms with E-state index in [0.29, 0.717) is 11.8 Å². The van der Waals surface area contributed by atoms with Crippen LogP contribution in [-0.4, -0.2) is 49.0 Å². The van der Waals surface area contributed by atoms with Gasteiger partial charge in [-0.1, -0.05) is 209 Å². The standard InChI is InChI=1S/C52H107NO2/c1-10-15-20-24-26-28-34-42-51(8,40-32-22-17-12-3)54-47-49(6)38-30-36-45-53(44-19-14-5)46-37-31-39-50(7)48-55-52(9,41-33-23-18-13-4)43-35-29-27-25-21-16-11-2/h49-50H,10-48H2,1-9H3. The average Bonchev–Trinajstić information content (AvgIpc) is 3.18. The Hall–Kier alpha value is -0.120. The van der Waals surface area contributed by atoms with E-state index in [9.17, 15) is 0 Å². The van der Waals surface area contributed by atoms with Gasteiger partial charge in [0, 0.05) is 13.2 Å². The number of hydrogen-bond donors (Lipinski definition) is 0. The highest BCUT2D eigenvalue weighted by Gasteiger charge is 2.26. The molecule has 0 aromatic rings. The Kier molecular flexibility index (Phi) is 39.3. The van der Waals surface area contributed by atoms with E-state index in [2.05, 4.69) is 67.2 Å². The highest BCUT2D eigenvalue weighted by molar-refractivity contribution is 4.78. The van der Waals surface area contributed by atoms with Crippen LogP contribution in [0.5, 0.6) is 0 Å². The van der Waals surface area contributed by atoms with Gasteiger partial charge < -0.3 is 14.4 Å². The van der Waals surface area contributed by atoms with Crippen molar-refractivity contribution in [1.29, 1.82) is 0 Å². The molecule has 4 unspecified atom stereocenters. The monoisotopic (exact) mass is 778 g/mol. The zero-order valence-corrected chi connectivity index (χ0v) is 40.0. The molecule has 0 spiro atoms. The van der Waals surface area contributed by atoms with E-state index in [1.807, 2.05) is 0 Å². The van der Waals surface area contributed by atoms with Gasteiger partial charge in [0.1, 0.15) is 0 Å². The van der Waals surface area contributed by atoms with Crippen molar-refractivity contribution in [1.82, 2.24) is 4.90 Å². The number of nitrogens with zero attached hydrogens (tertiary/aromatic N) is 1. The van der Waals surface area contributed by atoms with Crippen molar-refractivity contribution in [2.24, 2.45) is 11.8 Å². The zero-order chi connectivity index (χ0) is 40.7. The van der Waals surface area contributed by atoms with Crippen LogP contribution in [0.3, 0.4) is 0 Å². The second-order valence-electron chi connectivity index (χ2n) is 19.3. The second-order valence-corrected chi connectivity index (χ2v) is 19.3. The summed E-state index contributed by atoms with van der Waals surface area (Å²) in [5.74, 6) is 1.32. The van der Waals surface area contributed by atoms with Crippen molar-refractivity contribution >= 4 is 0 Å². The predicted molar refractivity (Wildman–Crippen MR) is 249 cm³/mol. The fourth-order valence-corrected chi connectivity index (χ4v) is 8.53. The highest BCUT2D eigenvalue weighted by Crippen LogP contribution is 2.30. The molecule has 0 aliphatic heterocycles. The largest absolute Gasteiger partial charge is 0.375 e. The first kappa shape index (κ1) is 54.9. The summed E-state index contributed by atoms with van der Waals surface area (Å²) < 4.78 is 13.6. The molecular weight excluding hydrogens is 671 g/mol. The Balaban J connectivity index is 4.60. The molecule has 0 aliphatic carbocycles. The number of rotatable bonds is 45. The Morgan fingerprint density at radius 2 is 0.618 bits per heavy atom. The minimum atomic E-state index is 0.0765. The lowest BCUT2D eigenvalue weighted by molar-refractivity contribution is -0.0610. The molecule has 332 valence electrons. The smallest absolute Gasteiger partial charge is 0.0654 e. The van der Waals surface area contributed by atoms with Gasteiger partial charge in [0.2, 0.25) is 0 Å². The number of hydrogen-bond acceptors (Lipinski definition) is 3. The first-order valence-corrected chi connectivity index (χ1v) is 25.7. The molecule has 0 bridgehead atoms. The summed E-state index contributed by atoms with van der Waals surface area (Å²) in [6, 6.07) is 0. The van der Waals surface area contributed by atoms with Gasteiger partial charge in [-0.25, -0.2) is 0 Å². The SMILES string of the molecule is CCCCCCCCCC(C)(CCCCCC)OCC(C)CCCCN(CCCC)CCCCC(C)COC(C)(CCCCCC)CCCCCCCCC. The Morgan fingerprint density at radius 3 is 0.945 bits per heavy atom. The Bertz CT molecular complexity index is 700. The van der Waals surface area contributed by atoms with Gasteiger partial charge in [0.05, 0.1) is 11.2 Å². The normalized spacial score (nSPS) is 15.4. The molecule has 55 heavy (non-hydrogen) atoms. The van der Waals surface area contributed by atoms with Crippen molar-refractivity contribution in [3.05, 3.63) is 0 Å².